The van der Waals surface area contributed by atoms with E-state index in [0.717, 1.165) is 29.4 Å². The fraction of sp³-hybridized carbons (Fsp3) is 0.556. The van der Waals surface area contributed by atoms with E-state index in [0.29, 0.717) is 13.1 Å². The third-order valence-corrected chi connectivity index (χ3v) is 4.49. The quantitative estimate of drug-likeness (QED) is 0.809. The molecule has 2 aliphatic rings. The van der Waals surface area contributed by atoms with Crippen LogP contribution in [0.3, 0.4) is 0 Å². The second-order valence-electron chi connectivity index (χ2n) is 7.62. The van der Waals surface area contributed by atoms with Gasteiger partial charge in [0.15, 0.2) is 0 Å². The lowest BCUT2D eigenvalue weighted by molar-refractivity contribution is 0.0220. The maximum Gasteiger partial charge on any atom is 0.410 e. The molecule has 0 spiro atoms. The van der Waals surface area contributed by atoms with Crippen LogP contribution in [0.2, 0.25) is 0 Å². The molecule has 1 aliphatic carbocycles. The monoisotopic (exact) mass is 313 g/mol. The number of carbonyl (C=O) groups is 1. The Balaban J connectivity index is 1.61. The molecule has 1 amide bonds. The molecule has 0 aromatic carbocycles. The maximum absolute atomic E-state index is 12.3. The van der Waals surface area contributed by atoms with E-state index < -0.39 is 5.60 Å². The zero-order chi connectivity index (χ0) is 16.2. The molecule has 23 heavy (non-hydrogen) atoms. The largest absolute Gasteiger partial charge is 0.444 e. The van der Waals surface area contributed by atoms with Gasteiger partial charge in [0, 0.05) is 19.2 Å². The van der Waals surface area contributed by atoms with Crippen molar-refractivity contribution in [3.05, 3.63) is 35.3 Å². The first-order valence-electron chi connectivity index (χ1n) is 8.38. The molecule has 2 aromatic rings. The van der Waals surface area contributed by atoms with Crippen molar-refractivity contribution in [1.29, 1.82) is 0 Å². The fourth-order valence-corrected chi connectivity index (χ4v) is 3.18. The van der Waals surface area contributed by atoms with Gasteiger partial charge in [-0.3, -0.25) is 0 Å². The van der Waals surface area contributed by atoms with Gasteiger partial charge >= 0.3 is 6.09 Å². The van der Waals surface area contributed by atoms with Crippen LogP contribution in [-0.2, 0) is 17.7 Å². The van der Waals surface area contributed by atoms with E-state index in [2.05, 4.69) is 22.7 Å². The highest BCUT2D eigenvalue weighted by atomic mass is 16.6. The molecule has 1 saturated carbocycles. The molecule has 4 rings (SSSR count). The number of hydrogen-bond acceptors (Lipinski definition) is 3. The molecule has 1 aliphatic heterocycles. The second-order valence-corrected chi connectivity index (χ2v) is 7.62. The Hall–Kier alpha value is -2.04. The Labute approximate surface area is 136 Å². The van der Waals surface area contributed by atoms with Crippen molar-refractivity contribution >= 4 is 11.7 Å². The molecule has 0 bridgehead atoms. The molecule has 122 valence electrons. The van der Waals surface area contributed by atoms with Crippen LogP contribution in [0.15, 0.2) is 18.3 Å². The Morgan fingerprint density at radius 2 is 2.13 bits per heavy atom. The number of carbonyl (C=O) groups excluding carboxylic acids is 1. The van der Waals surface area contributed by atoms with Crippen LogP contribution >= 0.6 is 0 Å². The van der Waals surface area contributed by atoms with Gasteiger partial charge in [0.05, 0.1) is 17.9 Å². The van der Waals surface area contributed by atoms with Crippen molar-refractivity contribution in [3.8, 4) is 0 Å². The Bertz CT molecular complexity index is 768. The highest BCUT2D eigenvalue weighted by molar-refractivity contribution is 5.68. The Morgan fingerprint density at radius 3 is 2.83 bits per heavy atom. The minimum atomic E-state index is -0.462. The van der Waals surface area contributed by atoms with Crippen LogP contribution in [0.25, 0.3) is 5.65 Å². The van der Waals surface area contributed by atoms with Crippen LogP contribution in [-0.4, -0.2) is 32.5 Å². The molecule has 0 radical (unpaired) electrons. The van der Waals surface area contributed by atoms with Crippen LogP contribution in [0.4, 0.5) is 4.79 Å². The summed E-state index contributed by atoms with van der Waals surface area (Å²) in [6, 6.07) is 4.40. The molecule has 0 unspecified atom stereocenters. The summed E-state index contributed by atoms with van der Waals surface area (Å²) in [5.41, 5.74) is 4.15. The number of nitrogens with zero attached hydrogens (tertiary/aromatic N) is 3. The summed E-state index contributed by atoms with van der Waals surface area (Å²) in [6.45, 7) is 6.92. The predicted molar refractivity (Wildman–Crippen MR) is 87.5 cm³/mol. The molecular weight excluding hydrogens is 290 g/mol. The number of hydrogen-bond donors (Lipinski definition) is 0. The molecule has 5 nitrogen and oxygen atoms in total. The molecule has 2 aromatic heterocycles. The number of imidazole rings is 1. The van der Waals surface area contributed by atoms with Crippen molar-refractivity contribution in [2.75, 3.05) is 6.54 Å². The number of aromatic nitrogens is 2. The molecule has 1 fully saturated rings. The number of pyridine rings is 1. The fourth-order valence-electron chi connectivity index (χ4n) is 3.18. The van der Waals surface area contributed by atoms with Gasteiger partial charge in [0.25, 0.3) is 0 Å². The van der Waals surface area contributed by atoms with Gasteiger partial charge in [0.2, 0.25) is 0 Å². The number of rotatable bonds is 1. The second kappa shape index (κ2) is 4.98. The van der Waals surface area contributed by atoms with Crippen molar-refractivity contribution in [2.45, 2.75) is 58.1 Å². The standard InChI is InChI=1S/C18H23N3O2/c1-18(2,3)23-17(22)20-8-7-14-15(11-20)21-9-6-13(12-4-5-12)10-16(21)19-14/h6,9-10,12H,4-5,7-8,11H2,1-3H3. The van der Waals surface area contributed by atoms with E-state index in [1.165, 1.54) is 18.4 Å². The number of fused-ring (bicyclic) bond motifs is 3. The summed E-state index contributed by atoms with van der Waals surface area (Å²) >= 11 is 0. The van der Waals surface area contributed by atoms with Crippen LogP contribution in [0, 0.1) is 0 Å². The van der Waals surface area contributed by atoms with Gasteiger partial charge in [0.1, 0.15) is 11.2 Å². The van der Waals surface area contributed by atoms with Crippen molar-refractivity contribution in [3.63, 3.8) is 0 Å². The maximum atomic E-state index is 12.3. The van der Waals surface area contributed by atoms with Crippen LogP contribution < -0.4 is 0 Å². The first-order chi connectivity index (χ1) is 10.9. The van der Waals surface area contributed by atoms with E-state index in [1.54, 1.807) is 4.90 Å². The van der Waals surface area contributed by atoms with Crippen molar-refractivity contribution in [1.82, 2.24) is 14.3 Å². The lowest BCUT2D eigenvalue weighted by atomic mass is 10.1. The normalized spacial score (nSPS) is 18.1. The molecule has 3 heterocycles. The molecule has 0 atom stereocenters. The Kier molecular flexibility index (Phi) is 3.15. The van der Waals surface area contributed by atoms with E-state index >= 15 is 0 Å². The summed E-state index contributed by atoms with van der Waals surface area (Å²) in [7, 11) is 0. The smallest absolute Gasteiger partial charge is 0.410 e. The van der Waals surface area contributed by atoms with Gasteiger partial charge in [-0.15, -0.1) is 0 Å². The lowest BCUT2D eigenvalue weighted by Gasteiger charge is -2.29. The zero-order valence-electron chi connectivity index (χ0n) is 14.0. The SMILES string of the molecule is CC(C)(C)OC(=O)N1CCc2nc3cc(C4CC4)ccn3c2C1. The van der Waals surface area contributed by atoms with E-state index in [-0.39, 0.29) is 6.09 Å². The summed E-state index contributed by atoms with van der Waals surface area (Å²) in [5, 5.41) is 0. The minimum Gasteiger partial charge on any atom is -0.444 e. The average Bonchev–Trinajstić information content (AvgIpc) is 3.26. The highest BCUT2D eigenvalue weighted by Gasteiger charge is 2.29. The summed E-state index contributed by atoms with van der Waals surface area (Å²) in [5.74, 6) is 0.729. The van der Waals surface area contributed by atoms with Crippen molar-refractivity contribution in [2.24, 2.45) is 0 Å². The highest BCUT2D eigenvalue weighted by Crippen LogP contribution is 2.40. The lowest BCUT2D eigenvalue weighted by Crippen LogP contribution is -2.40. The van der Waals surface area contributed by atoms with Gasteiger partial charge < -0.3 is 14.0 Å². The summed E-state index contributed by atoms with van der Waals surface area (Å²) in [4.78, 5) is 18.9. The third-order valence-electron chi connectivity index (χ3n) is 4.49. The third kappa shape index (κ3) is 2.80. The number of amides is 1. The molecule has 5 heteroatoms. The zero-order valence-corrected chi connectivity index (χ0v) is 14.0. The van der Waals surface area contributed by atoms with Crippen LogP contribution in [0.1, 0.15) is 56.5 Å². The van der Waals surface area contributed by atoms with Crippen LogP contribution in [0.5, 0.6) is 0 Å². The summed E-state index contributed by atoms with van der Waals surface area (Å²) < 4.78 is 7.62. The van der Waals surface area contributed by atoms with Crippen molar-refractivity contribution < 1.29 is 9.53 Å². The molecule has 0 N–H and O–H groups in total. The number of ether oxygens (including phenoxy) is 1. The Morgan fingerprint density at radius 1 is 1.35 bits per heavy atom. The van der Waals surface area contributed by atoms with E-state index in [1.807, 2.05) is 20.8 Å². The first kappa shape index (κ1) is 14.5. The van der Waals surface area contributed by atoms with Gasteiger partial charge in [-0.25, -0.2) is 9.78 Å². The average molecular weight is 313 g/mol. The molecule has 0 saturated heterocycles. The van der Waals surface area contributed by atoms with E-state index in [4.69, 9.17) is 9.72 Å². The molecular formula is C18H23N3O2. The first-order valence-corrected chi connectivity index (χ1v) is 8.38. The topological polar surface area (TPSA) is 46.8 Å². The minimum absolute atomic E-state index is 0.243. The summed E-state index contributed by atoms with van der Waals surface area (Å²) in [6.07, 6.45) is 5.24. The van der Waals surface area contributed by atoms with Gasteiger partial charge in [-0.1, -0.05) is 0 Å². The van der Waals surface area contributed by atoms with Gasteiger partial charge in [-0.2, -0.15) is 0 Å². The van der Waals surface area contributed by atoms with E-state index in [9.17, 15) is 4.79 Å². The van der Waals surface area contributed by atoms with Gasteiger partial charge in [-0.05, 0) is 57.2 Å². The predicted octanol–water partition coefficient (Wildman–Crippen LogP) is 3.50.